The minimum absolute atomic E-state index is 0.0142. The highest BCUT2D eigenvalue weighted by molar-refractivity contribution is 7.14. The molecule has 0 aromatic carbocycles. The van der Waals surface area contributed by atoms with Gasteiger partial charge >= 0.3 is 6.61 Å². The molecule has 19 heavy (non-hydrogen) atoms. The number of nitrogens with zero attached hydrogens (tertiary/aromatic N) is 1. The van der Waals surface area contributed by atoms with Crippen LogP contribution in [0.4, 0.5) is 8.78 Å². The number of halogens is 2. The fraction of sp³-hybridized carbons (Fsp3) is 0.583. The summed E-state index contributed by atoms with van der Waals surface area (Å²) in [5.74, 6) is -0.239. The van der Waals surface area contributed by atoms with Crippen LogP contribution in [0.3, 0.4) is 0 Å². The van der Waals surface area contributed by atoms with Gasteiger partial charge in [0.15, 0.2) is 0 Å². The summed E-state index contributed by atoms with van der Waals surface area (Å²) in [5.41, 5.74) is 0. The summed E-state index contributed by atoms with van der Waals surface area (Å²) >= 11 is 1.19. The lowest BCUT2D eigenvalue weighted by molar-refractivity contribution is -0.0499. The molecule has 1 fully saturated rings. The lowest BCUT2D eigenvalue weighted by Crippen LogP contribution is -2.34. The van der Waals surface area contributed by atoms with Crippen LogP contribution >= 0.6 is 11.3 Å². The molecule has 1 amide bonds. The predicted molar refractivity (Wildman–Crippen MR) is 69.1 cm³/mol. The highest BCUT2D eigenvalue weighted by Gasteiger charge is 2.24. The van der Waals surface area contributed by atoms with Crippen LogP contribution < -0.4 is 10.1 Å². The molecule has 1 aromatic heterocycles. The molecule has 1 saturated heterocycles. The second kappa shape index (κ2) is 6.29. The number of ether oxygens (including phenoxy) is 1. The van der Waals surface area contributed by atoms with Crippen molar-refractivity contribution in [2.24, 2.45) is 0 Å². The number of alkyl halides is 2. The van der Waals surface area contributed by atoms with Crippen molar-refractivity contribution in [1.82, 2.24) is 10.2 Å². The van der Waals surface area contributed by atoms with E-state index in [0.29, 0.717) is 13.1 Å². The van der Waals surface area contributed by atoms with Crippen molar-refractivity contribution < 1.29 is 18.3 Å². The Kier molecular flexibility index (Phi) is 4.71. The van der Waals surface area contributed by atoms with Gasteiger partial charge in [-0.05, 0) is 26.0 Å². The fourth-order valence-electron chi connectivity index (χ4n) is 2.02. The number of hydrogen-bond donors (Lipinski definition) is 1. The third-order valence-electron chi connectivity index (χ3n) is 2.86. The molecule has 0 bridgehead atoms. The maximum absolute atomic E-state index is 12.4. The van der Waals surface area contributed by atoms with Crippen LogP contribution in [0.5, 0.6) is 5.75 Å². The maximum atomic E-state index is 12.4. The highest BCUT2D eigenvalue weighted by atomic mass is 32.1. The Bertz CT molecular complexity index is 443. The third kappa shape index (κ3) is 3.63. The molecule has 2 rings (SSSR count). The Morgan fingerprint density at radius 1 is 1.47 bits per heavy atom. The summed E-state index contributed by atoms with van der Waals surface area (Å²) < 4.78 is 29.1. The molecule has 1 aliphatic heterocycles. The molecule has 0 atom stereocenters. The first kappa shape index (κ1) is 14.2. The van der Waals surface area contributed by atoms with Crippen LogP contribution in [0.2, 0.25) is 0 Å². The second-order valence-electron chi connectivity index (χ2n) is 4.32. The van der Waals surface area contributed by atoms with Crippen molar-refractivity contribution in [3.8, 4) is 5.75 Å². The molecule has 1 aliphatic rings. The Morgan fingerprint density at radius 2 is 2.26 bits per heavy atom. The van der Waals surface area contributed by atoms with Gasteiger partial charge in [-0.1, -0.05) is 0 Å². The van der Waals surface area contributed by atoms with Crippen molar-refractivity contribution in [3.05, 3.63) is 15.8 Å². The number of carbonyl (C=O) groups is 1. The first-order chi connectivity index (χ1) is 9.08. The Hall–Kier alpha value is -1.21. The van der Waals surface area contributed by atoms with E-state index in [1.54, 1.807) is 11.8 Å². The van der Waals surface area contributed by atoms with E-state index in [-0.39, 0.29) is 16.5 Å². The molecule has 106 valence electrons. The van der Waals surface area contributed by atoms with Gasteiger partial charge in [0.1, 0.15) is 10.6 Å². The summed E-state index contributed by atoms with van der Waals surface area (Å²) in [5, 5.41) is 3.19. The van der Waals surface area contributed by atoms with E-state index in [0.717, 1.165) is 24.4 Å². The van der Waals surface area contributed by atoms with Crippen LogP contribution in [-0.2, 0) is 0 Å². The monoisotopic (exact) mass is 290 g/mol. The lowest BCUT2D eigenvalue weighted by Gasteiger charge is -2.19. The van der Waals surface area contributed by atoms with Crippen molar-refractivity contribution >= 4 is 17.2 Å². The molecular weight excluding hydrogens is 274 g/mol. The van der Waals surface area contributed by atoms with E-state index >= 15 is 0 Å². The Morgan fingerprint density at radius 3 is 3.00 bits per heavy atom. The standard InChI is InChI=1S/C12H16F2N2O2S/c1-8-7-9(18-12(13)14)10(19-8)11(17)16-5-2-3-15-4-6-16/h7,12,15H,2-6H2,1H3. The first-order valence-corrected chi connectivity index (χ1v) is 6.95. The summed E-state index contributed by atoms with van der Waals surface area (Å²) in [4.78, 5) is 15.1. The number of aryl methyl sites for hydroxylation is 1. The van der Waals surface area contributed by atoms with Gasteiger partial charge in [0.25, 0.3) is 5.91 Å². The molecule has 7 heteroatoms. The fourth-order valence-corrected chi connectivity index (χ4v) is 2.93. The number of carbonyl (C=O) groups excluding carboxylic acids is 1. The first-order valence-electron chi connectivity index (χ1n) is 6.13. The molecule has 0 spiro atoms. The maximum Gasteiger partial charge on any atom is 0.387 e. The van der Waals surface area contributed by atoms with Gasteiger partial charge in [0, 0.05) is 24.5 Å². The van der Waals surface area contributed by atoms with Crippen molar-refractivity contribution in [1.29, 1.82) is 0 Å². The normalized spacial score (nSPS) is 16.5. The minimum atomic E-state index is -2.91. The SMILES string of the molecule is Cc1cc(OC(F)F)c(C(=O)N2CCCNCC2)s1. The van der Waals surface area contributed by atoms with Gasteiger partial charge in [-0.15, -0.1) is 11.3 Å². The second-order valence-corrected chi connectivity index (χ2v) is 5.58. The number of rotatable bonds is 3. The van der Waals surface area contributed by atoms with Crippen molar-refractivity contribution in [2.45, 2.75) is 20.0 Å². The molecule has 2 heterocycles. The molecule has 0 saturated carbocycles. The van der Waals surface area contributed by atoms with Crippen molar-refractivity contribution in [2.75, 3.05) is 26.2 Å². The zero-order valence-corrected chi connectivity index (χ0v) is 11.4. The topological polar surface area (TPSA) is 41.6 Å². The van der Waals surface area contributed by atoms with Crippen LogP contribution in [0, 0.1) is 6.92 Å². The summed E-state index contributed by atoms with van der Waals surface area (Å²) in [6.45, 7) is 1.67. The predicted octanol–water partition coefficient (Wildman–Crippen LogP) is 2.09. The molecule has 4 nitrogen and oxygen atoms in total. The molecular formula is C12H16F2N2O2S. The van der Waals surface area contributed by atoms with E-state index < -0.39 is 6.61 Å². The van der Waals surface area contributed by atoms with Gasteiger partial charge < -0.3 is 15.0 Å². The van der Waals surface area contributed by atoms with Crippen LogP contribution in [-0.4, -0.2) is 43.6 Å². The number of hydrogen-bond acceptors (Lipinski definition) is 4. The van der Waals surface area contributed by atoms with E-state index in [2.05, 4.69) is 10.1 Å². The van der Waals surface area contributed by atoms with Crippen molar-refractivity contribution in [3.63, 3.8) is 0 Å². The smallest absolute Gasteiger partial charge is 0.387 e. The van der Waals surface area contributed by atoms with Crippen LogP contribution in [0.25, 0.3) is 0 Å². The largest absolute Gasteiger partial charge is 0.433 e. The Balaban J connectivity index is 2.17. The quantitative estimate of drug-likeness (QED) is 0.927. The summed E-state index contributed by atoms with van der Waals surface area (Å²) in [6.07, 6.45) is 0.862. The number of thiophene rings is 1. The van der Waals surface area contributed by atoms with Gasteiger partial charge in [0.2, 0.25) is 0 Å². The molecule has 0 radical (unpaired) electrons. The third-order valence-corrected chi connectivity index (χ3v) is 3.88. The number of amides is 1. The number of nitrogens with one attached hydrogen (secondary N) is 1. The zero-order chi connectivity index (χ0) is 13.8. The van der Waals surface area contributed by atoms with E-state index in [9.17, 15) is 13.6 Å². The van der Waals surface area contributed by atoms with Gasteiger partial charge in [-0.2, -0.15) is 8.78 Å². The Labute approximate surface area is 114 Å². The molecule has 0 unspecified atom stereocenters. The molecule has 1 aromatic rings. The highest BCUT2D eigenvalue weighted by Crippen LogP contribution is 2.31. The van der Waals surface area contributed by atoms with E-state index in [4.69, 9.17) is 0 Å². The zero-order valence-electron chi connectivity index (χ0n) is 10.6. The van der Waals surface area contributed by atoms with Crippen LogP contribution in [0.1, 0.15) is 21.0 Å². The average Bonchev–Trinajstić information content (AvgIpc) is 2.57. The van der Waals surface area contributed by atoms with E-state index in [1.807, 2.05) is 0 Å². The molecule has 1 N–H and O–H groups in total. The van der Waals surface area contributed by atoms with Crippen LogP contribution in [0.15, 0.2) is 6.07 Å². The van der Waals surface area contributed by atoms with Gasteiger partial charge in [0.05, 0.1) is 0 Å². The van der Waals surface area contributed by atoms with E-state index in [1.165, 1.54) is 17.4 Å². The minimum Gasteiger partial charge on any atom is -0.433 e. The molecule has 0 aliphatic carbocycles. The van der Waals surface area contributed by atoms with Gasteiger partial charge in [-0.25, -0.2) is 0 Å². The summed E-state index contributed by atoms with van der Waals surface area (Å²) in [7, 11) is 0. The van der Waals surface area contributed by atoms with Gasteiger partial charge in [-0.3, -0.25) is 4.79 Å². The lowest BCUT2D eigenvalue weighted by atomic mass is 10.3. The average molecular weight is 290 g/mol. The summed E-state index contributed by atoms with van der Waals surface area (Å²) in [6, 6.07) is 1.49.